The Morgan fingerprint density at radius 1 is 1.00 bits per heavy atom. The van der Waals surface area contributed by atoms with E-state index in [2.05, 4.69) is 27.0 Å². The van der Waals surface area contributed by atoms with Crippen molar-refractivity contribution in [2.45, 2.75) is 31.7 Å². The van der Waals surface area contributed by atoms with Crippen molar-refractivity contribution in [1.29, 1.82) is 0 Å². The highest BCUT2D eigenvalue weighted by atomic mass is 16.5. The zero-order valence-corrected chi connectivity index (χ0v) is 19.6. The van der Waals surface area contributed by atoms with E-state index in [-0.39, 0.29) is 23.8 Å². The van der Waals surface area contributed by atoms with Gasteiger partial charge in [0.15, 0.2) is 11.5 Å². The van der Waals surface area contributed by atoms with Gasteiger partial charge in [0.2, 0.25) is 11.9 Å². The van der Waals surface area contributed by atoms with Gasteiger partial charge in [0.1, 0.15) is 5.82 Å². The van der Waals surface area contributed by atoms with Crippen LogP contribution in [0.25, 0.3) is 0 Å². The van der Waals surface area contributed by atoms with E-state index < -0.39 is 0 Å². The van der Waals surface area contributed by atoms with E-state index in [0.717, 1.165) is 50.0 Å². The number of aromatic nitrogens is 2. The maximum atomic E-state index is 13.5. The molecule has 2 atom stereocenters. The third-order valence-corrected chi connectivity index (χ3v) is 6.98. The maximum Gasteiger partial charge on any atom is 0.247 e. The van der Waals surface area contributed by atoms with Crippen LogP contribution in [0, 0.1) is 11.8 Å². The summed E-state index contributed by atoms with van der Waals surface area (Å²) in [6.45, 7) is 1.49. The summed E-state index contributed by atoms with van der Waals surface area (Å²) >= 11 is 0. The van der Waals surface area contributed by atoms with E-state index in [1.165, 1.54) is 0 Å². The Balaban J connectivity index is 1.42. The number of allylic oxidation sites excluding steroid dienone is 2. The fraction of sp³-hybridized carbons (Fsp3) is 0.440. The van der Waals surface area contributed by atoms with Gasteiger partial charge < -0.3 is 20.1 Å². The number of amides is 1. The first kappa shape index (κ1) is 22.2. The van der Waals surface area contributed by atoms with Gasteiger partial charge >= 0.3 is 0 Å². The molecule has 34 heavy (non-hydrogen) atoms. The molecule has 2 aliphatic heterocycles. The monoisotopic (exact) mass is 462 g/mol. The number of nitrogens with two attached hydrogens (primary N) is 1. The number of carbonyl (C=O) groups excluding carboxylic acids is 1. The summed E-state index contributed by atoms with van der Waals surface area (Å²) in [4.78, 5) is 24.3. The molecule has 9 heteroatoms. The number of hydrazone groups is 1. The lowest BCUT2D eigenvalue weighted by molar-refractivity contribution is -0.140. The fourth-order valence-electron chi connectivity index (χ4n) is 5.15. The number of hydrogen-bond donors (Lipinski definition) is 1. The minimum atomic E-state index is -0.0964. The second-order valence-electron chi connectivity index (χ2n) is 8.89. The summed E-state index contributed by atoms with van der Waals surface area (Å²) < 4.78 is 10.9. The van der Waals surface area contributed by atoms with Gasteiger partial charge in [-0.1, -0.05) is 12.2 Å². The number of methoxy groups -OCH3 is 2. The maximum absolute atomic E-state index is 13.5. The van der Waals surface area contributed by atoms with Crippen molar-refractivity contribution in [1.82, 2.24) is 15.0 Å². The second kappa shape index (κ2) is 9.32. The van der Waals surface area contributed by atoms with Crippen molar-refractivity contribution < 1.29 is 14.3 Å². The third kappa shape index (κ3) is 4.06. The molecule has 3 heterocycles. The molecule has 1 fully saturated rings. The van der Waals surface area contributed by atoms with Crippen LogP contribution in [0.5, 0.6) is 11.5 Å². The summed E-state index contributed by atoms with van der Waals surface area (Å²) in [6, 6.07) is 7.58. The summed E-state index contributed by atoms with van der Waals surface area (Å²) in [5.74, 6) is 2.51. The highest BCUT2D eigenvalue weighted by Crippen LogP contribution is 2.38. The van der Waals surface area contributed by atoms with Crippen LogP contribution in [0.1, 0.15) is 31.2 Å². The smallest absolute Gasteiger partial charge is 0.247 e. The van der Waals surface area contributed by atoms with Crippen LogP contribution in [-0.2, 0) is 4.79 Å². The van der Waals surface area contributed by atoms with Crippen LogP contribution >= 0.6 is 0 Å². The summed E-state index contributed by atoms with van der Waals surface area (Å²) in [5, 5.41) is 6.74. The number of piperidine rings is 1. The molecule has 1 saturated heterocycles. The largest absolute Gasteiger partial charge is 0.493 e. The zero-order valence-electron chi connectivity index (χ0n) is 19.6. The van der Waals surface area contributed by atoms with Gasteiger partial charge in [-0.3, -0.25) is 4.79 Å². The molecule has 2 N–H and O–H groups in total. The molecule has 0 saturated carbocycles. The number of hydrogen-bond acceptors (Lipinski definition) is 8. The first-order chi connectivity index (χ1) is 16.6. The summed E-state index contributed by atoms with van der Waals surface area (Å²) in [7, 11) is 3.25. The van der Waals surface area contributed by atoms with Crippen molar-refractivity contribution in [3.63, 3.8) is 0 Å². The van der Waals surface area contributed by atoms with Crippen LogP contribution in [0.15, 0.2) is 47.7 Å². The van der Waals surface area contributed by atoms with E-state index in [0.29, 0.717) is 23.3 Å². The van der Waals surface area contributed by atoms with E-state index in [4.69, 9.17) is 20.3 Å². The van der Waals surface area contributed by atoms with E-state index in [1.54, 1.807) is 31.5 Å². The number of carbonyl (C=O) groups is 1. The number of nitrogens with zero attached hydrogens (tertiary/aromatic N) is 5. The molecule has 2 aromatic rings. The Kier molecular flexibility index (Phi) is 6.08. The van der Waals surface area contributed by atoms with Crippen molar-refractivity contribution >= 4 is 23.4 Å². The lowest BCUT2D eigenvalue weighted by Gasteiger charge is -2.42. The topological polar surface area (TPSA) is 106 Å². The second-order valence-corrected chi connectivity index (χ2v) is 8.89. The molecule has 0 radical (unpaired) electrons. The van der Waals surface area contributed by atoms with Crippen molar-refractivity contribution in [2.24, 2.45) is 16.9 Å². The van der Waals surface area contributed by atoms with Gasteiger partial charge in [-0.25, -0.2) is 9.99 Å². The molecule has 0 spiro atoms. The molecule has 0 bridgehead atoms. The Hall–Kier alpha value is -3.62. The molecule has 5 rings (SSSR count). The number of rotatable bonds is 5. The van der Waals surface area contributed by atoms with Crippen molar-refractivity contribution in [3.05, 3.63) is 48.2 Å². The highest BCUT2D eigenvalue weighted by Gasteiger charge is 2.43. The number of anilines is 2. The SMILES string of the molecule is COc1ccc(C2=NN(C3CCN(c4nccc(N)n4)CC3)C(=O)[C@@H]3CC=CC[C@H]23)cc1OC. The Morgan fingerprint density at radius 3 is 2.44 bits per heavy atom. The first-order valence-corrected chi connectivity index (χ1v) is 11.7. The molecule has 0 unspecified atom stereocenters. The van der Waals surface area contributed by atoms with Crippen LogP contribution in [0.4, 0.5) is 11.8 Å². The van der Waals surface area contributed by atoms with E-state index in [9.17, 15) is 4.79 Å². The molecular formula is C25H30N6O3. The number of nitrogen functional groups attached to an aromatic ring is 1. The average molecular weight is 463 g/mol. The fourth-order valence-corrected chi connectivity index (χ4v) is 5.15. The molecule has 3 aliphatic rings. The summed E-state index contributed by atoms with van der Waals surface area (Å²) in [6.07, 6.45) is 9.08. The van der Waals surface area contributed by atoms with Crippen LogP contribution in [0.2, 0.25) is 0 Å². The van der Waals surface area contributed by atoms with Gasteiger partial charge in [0.25, 0.3) is 0 Å². The Bertz CT molecular complexity index is 1130. The molecule has 1 aliphatic carbocycles. The quantitative estimate of drug-likeness (QED) is 0.681. The van der Waals surface area contributed by atoms with Gasteiger partial charge in [-0.15, -0.1) is 0 Å². The molecule has 178 valence electrons. The molecule has 1 aromatic heterocycles. The average Bonchev–Trinajstić information content (AvgIpc) is 2.89. The van der Waals surface area contributed by atoms with Crippen LogP contribution in [-0.4, -0.2) is 59.9 Å². The van der Waals surface area contributed by atoms with E-state index in [1.807, 2.05) is 18.2 Å². The molecular weight excluding hydrogens is 432 g/mol. The van der Waals surface area contributed by atoms with Crippen LogP contribution in [0.3, 0.4) is 0 Å². The normalized spacial score (nSPS) is 22.9. The minimum Gasteiger partial charge on any atom is -0.493 e. The standard InChI is InChI=1S/C25H30N6O3/c1-33-20-8-7-16(15-21(20)34-2)23-18-5-3-4-6-19(18)24(32)31(29-23)17-10-13-30(14-11-17)25-27-12-9-22(26)28-25/h3-4,7-9,12,15,17-19H,5-6,10-11,13-14H2,1-2H3,(H2,26,27,28)/t18-,19+/m0/s1. The van der Waals surface area contributed by atoms with Crippen molar-refractivity contribution in [2.75, 3.05) is 37.9 Å². The number of benzene rings is 1. The van der Waals surface area contributed by atoms with Gasteiger partial charge in [0.05, 0.1) is 31.9 Å². The number of ether oxygens (including phenoxy) is 2. The number of fused-ring (bicyclic) bond motifs is 1. The van der Waals surface area contributed by atoms with Crippen molar-refractivity contribution in [3.8, 4) is 11.5 Å². The molecule has 1 amide bonds. The summed E-state index contributed by atoms with van der Waals surface area (Å²) in [5.41, 5.74) is 7.73. The lowest BCUT2D eigenvalue weighted by atomic mass is 9.76. The van der Waals surface area contributed by atoms with E-state index >= 15 is 0 Å². The highest BCUT2D eigenvalue weighted by molar-refractivity contribution is 6.07. The molecule has 9 nitrogen and oxygen atoms in total. The zero-order chi connectivity index (χ0) is 23.7. The Labute approximate surface area is 199 Å². The van der Waals surface area contributed by atoms with Gasteiger partial charge in [-0.05, 0) is 49.9 Å². The van der Waals surface area contributed by atoms with Gasteiger partial charge in [0, 0.05) is 30.8 Å². The predicted molar refractivity (Wildman–Crippen MR) is 130 cm³/mol. The Morgan fingerprint density at radius 2 is 1.74 bits per heavy atom. The minimum absolute atomic E-state index is 0.0341. The van der Waals surface area contributed by atoms with Crippen LogP contribution < -0.4 is 20.1 Å². The van der Waals surface area contributed by atoms with Gasteiger partial charge in [-0.2, -0.15) is 10.1 Å². The predicted octanol–water partition coefficient (Wildman–Crippen LogP) is 2.87. The lowest BCUT2D eigenvalue weighted by Crippen LogP contribution is -2.52. The third-order valence-electron chi connectivity index (χ3n) is 6.98. The molecule has 1 aromatic carbocycles. The first-order valence-electron chi connectivity index (χ1n) is 11.7.